The molecule has 1 aromatic rings. The van der Waals surface area contributed by atoms with Gasteiger partial charge in [0.2, 0.25) is 0 Å². The number of carbonyl (C=O) groups excluding carboxylic acids is 3. The van der Waals surface area contributed by atoms with Crippen molar-refractivity contribution in [2.45, 2.75) is 97.1 Å². The Morgan fingerprint density at radius 2 is 1.43 bits per heavy atom. The zero-order valence-corrected chi connectivity index (χ0v) is 26.5. The van der Waals surface area contributed by atoms with Crippen LogP contribution >= 0.6 is 0 Å². The number of nitrogens with one attached hydrogen (secondary N) is 3. The first-order valence-corrected chi connectivity index (χ1v) is 15.2. The smallest absolute Gasteiger partial charge is 0.410 e. The minimum Gasteiger partial charge on any atom is -0.445 e. The van der Waals surface area contributed by atoms with E-state index < -0.39 is 22.8 Å². The lowest BCUT2D eigenvalue weighted by Crippen LogP contribution is -2.64. The number of alkyl carbamates (subject to hydrolysis) is 2. The Morgan fingerprint density at radius 1 is 0.881 bits per heavy atom. The minimum atomic E-state index is -0.543. The summed E-state index contributed by atoms with van der Waals surface area (Å²) in [6.07, 6.45) is 0.867. The zero-order valence-electron chi connectivity index (χ0n) is 26.5. The number of likely N-dealkylation sites (tertiary alicyclic amines) is 1. The molecule has 5 rings (SSSR count). The number of carbonyl (C=O) groups is 3. The summed E-state index contributed by atoms with van der Waals surface area (Å²) in [6, 6.07) is 9.61. The first-order chi connectivity index (χ1) is 19.5. The lowest BCUT2D eigenvalue weighted by Gasteiger charge is -2.49. The Bertz CT molecular complexity index is 1130. The molecule has 4 aliphatic rings. The van der Waals surface area contributed by atoms with Crippen LogP contribution in [0.15, 0.2) is 30.3 Å². The summed E-state index contributed by atoms with van der Waals surface area (Å²) in [4.78, 5) is 38.1. The number of hydrogen-bond donors (Lipinski definition) is 3. The van der Waals surface area contributed by atoms with Gasteiger partial charge in [0.15, 0.2) is 0 Å². The number of benzene rings is 1. The number of nitrogens with zero attached hydrogens (tertiary/aromatic N) is 1. The number of hydrogen-bond acceptors (Lipinski definition) is 7. The van der Waals surface area contributed by atoms with Crippen LogP contribution in [0.25, 0.3) is 0 Å². The second-order valence-electron chi connectivity index (χ2n) is 14.7. The molecule has 10 nitrogen and oxygen atoms in total. The monoisotopic (exact) mass is 586 g/mol. The molecule has 6 atom stereocenters. The van der Waals surface area contributed by atoms with Gasteiger partial charge in [-0.3, -0.25) is 0 Å². The molecule has 10 heteroatoms. The van der Waals surface area contributed by atoms with E-state index in [-0.39, 0.29) is 30.3 Å². The van der Waals surface area contributed by atoms with Crippen LogP contribution in [0.4, 0.5) is 14.4 Å². The van der Waals surface area contributed by atoms with Crippen LogP contribution in [0, 0.1) is 23.7 Å². The van der Waals surface area contributed by atoms with E-state index in [2.05, 4.69) is 29.8 Å². The fourth-order valence-corrected chi connectivity index (χ4v) is 7.07. The van der Waals surface area contributed by atoms with Gasteiger partial charge in [-0.05, 0) is 77.7 Å². The first-order valence-electron chi connectivity index (χ1n) is 15.2. The van der Waals surface area contributed by atoms with Crippen molar-refractivity contribution in [3.63, 3.8) is 0 Å². The Balaban J connectivity index is 0.000000216. The van der Waals surface area contributed by atoms with Crippen LogP contribution in [0.3, 0.4) is 0 Å². The highest BCUT2D eigenvalue weighted by Crippen LogP contribution is 2.49. The quantitative estimate of drug-likeness (QED) is 0.422. The summed E-state index contributed by atoms with van der Waals surface area (Å²) >= 11 is 0. The Hall–Kier alpha value is -3.01. The largest absolute Gasteiger partial charge is 0.445 e. The van der Waals surface area contributed by atoms with Gasteiger partial charge in [-0.15, -0.1) is 0 Å². The van der Waals surface area contributed by atoms with Crippen molar-refractivity contribution in [1.82, 2.24) is 20.9 Å². The standard InChI is InChI=1S/C20H28N2O4.C12H22N2O2/c1-14-10-20(21-17(23)26-19(2,3)4)13-22(11-16(14)20)18(24)25-12-15-8-6-5-7-9-15;1-8-5-12(7-13-6-9(8)12)14-10(15)16-11(2,3)4/h5-9,14,16H,10-13H2,1-4H3,(H,21,23);8-9,13H,5-7H2,1-4H3,(H,14,15)/t14-,16+,20-;8-,9+,12-/m11/s1. The summed E-state index contributed by atoms with van der Waals surface area (Å²) in [6.45, 7) is 18.8. The van der Waals surface area contributed by atoms with Crippen LogP contribution in [0.2, 0.25) is 0 Å². The molecule has 0 bridgehead atoms. The maximum absolute atomic E-state index is 12.5. The van der Waals surface area contributed by atoms with Gasteiger partial charge in [-0.2, -0.15) is 0 Å². The van der Waals surface area contributed by atoms with Crippen LogP contribution in [0.5, 0.6) is 0 Å². The molecule has 42 heavy (non-hydrogen) atoms. The fourth-order valence-electron chi connectivity index (χ4n) is 7.07. The summed E-state index contributed by atoms with van der Waals surface area (Å²) < 4.78 is 16.1. The molecular weight excluding hydrogens is 536 g/mol. The first kappa shape index (κ1) is 31.9. The van der Waals surface area contributed by atoms with E-state index in [0.29, 0.717) is 30.8 Å². The molecule has 4 fully saturated rings. The van der Waals surface area contributed by atoms with Crippen LogP contribution in [-0.4, -0.2) is 71.6 Å². The predicted molar refractivity (Wildman–Crippen MR) is 160 cm³/mol. The Morgan fingerprint density at radius 3 is 1.98 bits per heavy atom. The van der Waals surface area contributed by atoms with E-state index in [0.717, 1.165) is 31.5 Å². The molecule has 234 valence electrons. The van der Waals surface area contributed by atoms with Gasteiger partial charge < -0.3 is 35.1 Å². The third-order valence-corrected chi connectivity index (χ3v) is 8.82. The average molecular weight is 587 g/mol. The predicted octanol–water partition coefficient (Wildman–Crippen LogP) is 5.07. The van der Waals surface area contributed by atoms with E-state index in [4.69, 9.17) is 14.2 Å². The summed E-state index contributed by atoms with van der Waals surface area (Å²) in [7, 11) is 0. The maximum atomic E-state index is 12.5. The van der Waals surface area contributed by atoms with Gasteiger partial charge >= 0.3 is 18.3 Å². The minimum absolute atomic E-state index is 0.0399. The van der Waals surface area contributed by atoms with Gasteiger partial charge in [-0.25, -0.2) is 14.4 Å². The molecule has 2 heterocycles. The second kappa shape index (κ2) is 11.9. The van der Waals surface area contributed by atoms with Crippen molar-refractivity contribution in [2.75, 3.05) is 26.2 Å². The topological polar surface area (TPSA) is 118 Å². The zero-order chi connectivity index (χ0) is 30.9. The van der Waals surface area contributed by atoms with Crippen LogP contribution in [0.1, 0.15) is 73.8 Å². The number of fused-ring (bicyclic) bond motifs is 2. The van der Waals surface area contributed by atoms with Crippen molar-refractivity contribution < 1.29 is 28.6 Å². The maximum Gasteiger partial charge on any atom is 0.410 e. The SMILES string of the molecule is C[C@@H]1C[C@@]2(NC(=O)OC(C)(C)C)CN(C(=O)OCc3ccccc3)C[C@@H]12.C[C@@H]1C[C@@]2(NC(=O)OC(C)(C)C)CNC[C@@H]12. The average Bonchev–Trinajstić information content (AvgIpc) is 3.34. The van der Waals surface area contributed by atoms with Crippen LogP contribution < -0.4 is 16.0 Å². The summed E-state index contributed by atoms with van der Waals surface area (Å²) in [5.41, 5.74) is -0.441. The Labute approximate surface area is 250 Å². The normalized spacial score (nSPS) is 31.2. The molecule has 2 aliphatic heterocycles. The van der Waals surface area contributed by atoms with E-state index in [1.165, 1.54) is 0 Å². The third-order valence-electron chi connectivity index (χ3n) is 8.82. The Kier molecular flexibility index (Phi) is 9.07. The molecule has 1 aromatic carbocycles. The summed E-state index contributed by atoms with van der Waals surface area (Å²) in [5, 5.41) is 9.44. The van der Waals surface area contributed by atoms with Gasteiger partial charge in [0.1, 0.15) is 17.8 Å². The molecule has 3 N–H and O–H groups in total. The van der Waals surface area contributed by atoms with Gasteiger partial charge in [0.05, 0.1) is 11.1 Å². The molecular formula is C32H50N4O6. The van der Waals surface area contributed by atoms with Crippen molar-refractivity contribution in [3.8, 4) is 0 Å². The highest BCUT2D eigenvalue weighted by molar-refractivity contribution is 5.72. The number of rotatable bonds is 4. The number of ether oxygens (including phenoxy) is 3. The highest BCUT2D eigenvalue weighted by Gasteiger charge is 2.59. The van der Waals surface area contributed by atoms with Gasteiger partial charge in [0.25, 0.3) is 0 Å². The van der Waals surface area contributed by atoms with Gasteiger partial charge in [0, 0.05) is 32.1 Å². The lowest BCUT2D eigenvalue weighted by molar-refractivity contribution is 0.0164. The molecule has 0 radical (unpaired) electrons. The fraction of sp³-hybridized carbons (Fsp3) is 0.719. The van der Waals surface area contributed by atoms with Crippen molar-refractivity contribution in [1.29, 1.82) is 0 Å². The molecule has 2 saturated heterocycles. The molecule has 3 amide bonds. The van der Waals surface area contributed by atoms with Crippen molar-refractivity contribution in [2.24, 2.45) is 23.7 Å². The van der Waals surface area contributed by atoms with Crippen molar-refractivity contribution in [3.05, 3.63) is 35.9 Å². The molecule has 0 unspecified atom stereocenters. The van der Waals surface area contributed by atoms with Crippen molar-refractivity contribution >= 4 is 18.3 Å². The van der Waals surface area contributed by atoms with Crippen LogP contribution in [-0.2, 0) is 20.8 Å². The lowest BCUT2D eigenvalue weighted by atomic mass is 9.61. The third kappa shape index (κ3) is 7.49. The highest BCUT2D eigenvalue weighted by atomic mass is 16.6. The van der Waals surface area contributed by atoms with E-state index in [1.807, 2.05) is 71.9 Å². The molecule has 2 aliphatic carbocycles. The summed E-state index contributed by atoms with van der Waals surface area (Å²) in [5.74, 6) is 1.96. The molecule has 2 saturated carbocycles. The second-order valence-corrected chi connectivity index (χ2v) is 14.7. The van der Waals surface area contributed by atoms with E-state index >= 15 is 0 Å². The number of amides is 3. The molecule has 0 aromatic heterocycles. The van der Waals surface area contributed by atoms with E-state index in [1.54, 1.807) is 4.90 Å². The van der Waals surface area contributed by atoms with E-state index in [9.17, 15) is 14.4 Å². The van der Waals surface area contributed by atoms with Gasteiger partial charge in [-0.1, -0.05) is 44.2 Å². The molecule has 0 spiro atoms.